The lowest BCUT2D eigenvalue weighted by molar-refractivity contribution is 0.0616. The van der Waals surface area contributed by atoms with E-state index in [-0.39, 0.29) is 23.8 Å². The molecule has 1 aromatic carbocycles. The van der Waals surface area contributed by atoms with E-state index in [0.717, 1.165) is 4.90 Å². The molecule has 0 radical (unpaired) electrons. The number of hydrogen-bond acceptors (Lipinski definition) is 3. The molecule has 5 nitrogen and oxygen atoms in total. The smallest absolute Gasteiger partial charge is 0.408 e. The number of hydrogen-bond donors (Lipinski definition) is 2. The van der Waals surface area contributed by atoms with Gasteiger partial charge in [0.25, 0.3) is 0 Å². The molecule has 1 saturated heterocycles. The second kappa shape index (κ2) is 6.44. The van der Waals surface area contributed by atoms with Crippen LogP contribution in [0.2, 0.25) is 10.0 Å². The van der Waals surface area contributed by atoms with Crippen molar-refractivity contribution in [3.63, 3.8) is 0 Å². The molecule has 2 N–H and O–H groups in total. The van der Waals surface area contributed by atoms with Crippen LogP contribution < -0.4 is 0 Å². The second-order valence-corrected chi connectivity index (χ2v) is 6.31. The zero-order chi connectivity index (χ0) is 16.5. The van der Waals surface area contributed by atoms with Gasteiger partial charge in [0.15, 0.2) is 5.78 Å². The van der Waals surface area contributed by atoms with Crippen molar-refractivity contribution in [3.8, 4) is 0 Å². The van der Waals surface area contributed by atoms with E-state index >= 15 is 0 Å². The summed E-state index contributed by atoms with van der Waals surface area (Å²) in [5, 5.41) is 19.9. The van der Waals surface area contributed by atoms with Crippen LogP contribution in [0, 0.1) is 0 Å². The third kappa shape index (κ3) is 2.93. The Labute approximate surface area is 138 Å². The molecule has 1 aliphatic rings. The van der Waals surface area contributed by atoms with Crippen molar-refractivity contribution in [2.24, 2.45) is 0 Å². The molecule has 22 heavy (non-hydrogen) atoms. The lowest BCUT2D eigenvalue weighted by Crippen LogP contribution is -2.52. The topological polar surface area (TPSA) is 77.8 Å². The van der Waals surface area contributed by atoms with E-state index in [9.17, 15) is 19.8 Å². The fraction of sp³-hybridized carbons (Fsp3) is 0.467. The minimum Gasteiger partial charge on any atom is -0.465 e. The van der Waals surface area contributed by atoms with Crippen molar-refractivity contribution in [2.45, 2.75) is 37.8 Å². The highest BCUT2D eigenvalue weighted by Gasteiger charge is 2.52. The number of aliphatic hydroxyl groups is 1. The monoisotopic (exact) mass is 345 g/mol. The summed E-state index contributed by atoms with van der Waals surface area (Å²) in [6, 6.07) is 4.47. The Balaban J connectivity index is 2.47. The summed E-state index contributed by atoms with van der Waals surface area (Å²) in [6.45, 7) is 1.80. The highest BCUT2D eigenvalue weighted by atomic mass is 35.5. The maximum atomic E-state index is 13.0. The molecule has 0 aromatic heterocycles. The van der Waals surface area contributed by atoms with E-state index in [1.807, 2.05) is 6.92 Å². The summed E-state index contributed by atoms with van der Waals surface area (Å²) in [5.41, 5.74) is -0.958. The van der Waals surface area contributed by atoms with E-state index in [2.05, 4.69) is 0 Å². The van der Waals surface area contributed by atoms with Crippen molar-refractivity contribution in [1.29, 1.82) is 0 Å². The van der Waals surface area contributed by atoms with Gasteiger partial charge in [0.05, 0.1) is 22.7 Å². The van der Waals surface area contributed by atoms with Gasteiger partial charge in [-0.05, 0) is 24.6 Å². The number of nitrogens with zero attached hydrogens (tertiary/aromatic N) is 1. The number of Topliss-reactive ketones (excluding diaryl/α,β-unsaturated/α-hetero) is 1. The summed E-state index contributed by atoms with van der Waals surface area (Å²) in [4.78, 5) is 25.5. The van der Waals surface area contributed by atoms with E-state index in [4.69, 9.17) is 23.2 Å². The molecule has 0 bridgehead atoms. The van der Waals surface area contributed by atoms with Crippen molar-refractivity contribution in [2.75, 3.05) is 6.54 Å². The number of carbonyl (C=O) groups excluding carboxylic acids is 1. The first-order valence-electron chi connectivity index (χ1n) is 7.00. The second-order valence-electron chi connectivity index (χ2n) is 5.49. The molecule has 0 spiro atoms. The Hall–Kier alpha value is -1.30. The van der Waals surface area contributed by atoms with Gasteiger partial charge in [0.2, 0.25) is 0 Å². The molecule has 0 unspecified atom stereocenters. The third-order valence-corrected chi connectivity index (χ3v) is 4.72. The van der Waals surface area contributed by atoms with E-state index in [1.165, 1.54) is 18.2 Å². The van der Waals surface area contributed by atoms with Crippen molar-refractivity contribution < 1.29 is 19.8 Å². The molecular weight excluding hydrogens is 329 g/mol. The number of likely N-dealkylation sites (tertiary alicyclic amines) is 1. The minimum absolute atomic E-state index is 0.0671. The number of halogens is 2. The summed E-state index contributed by atoms with van der Waals surface area (Å²) in [6.07, 6.45) is -1.02. The molecule has 1 fully saturated rings. The summed E-state index contributed by atoms with van der Waals surface area (Å²) < 4.78 is 0. The molecule has 2 atom stereocenters. The molecule has 120 valence electrons. The molecule has 0 saturated carbocycles. The number of benzene rings is 1. The maximum absolute atomic E-state index is 13.0. The molecule has 1 heterocycles. The number of carbonyl (C=O) groups is 2. The quantitative estimate of drug-likeness (QED) is 0.819. The SMILES string of the molecule is CCC[C@]1(C(=O)c2ccc(Cl)c(Cl)c2)C[C@@H](O)CN1C(=O)O. The lowest BCUT2D eigenvalue weighted by atomic mass is 9.82. The van der Waals surface area contributed by atoms with Crippen LogP contribution >= 0.6 is 23.2 Å². The maximum Gasteiger partial charge on any atom is 0.408 e. The number of amides is 1. The molecule has 7 heteroatoms. The van der Waals surface area contributed by atoms with Gasteiger partial charge in [-0.2, -0.15) is 0 Å². The number of ketones is 1. The first kappa shape index (κ1) is 17.1. The number of carboxylic acid groups (broad SMARTS) is 1. The Morgan fingerprint density at radius 3 is 2.59 bits per heavy atom. The van der Waals surface area contributed by atoms with Crippen LogP contribution in [-0.4, -0.2) is 45.2 Å². The predicted octanol–water partition coefficient (Wildman–Crippen LogP) is 3.46. The van der Waals surface area contributed by atoms with Crippen LogP contribution in [0.5, 0.6) is 0 Å². The van der Waals surface area contributed by atoms with E-state index in [0.29, 0.717) is 23.4 Å². The first-order valence-corrected chi connectivity index (χ1v) is 7.76. The molecule has 1 aliphatic heterocycles. The third-order valence-electron chi connectivity index (χ3n) is 3.98. The molecule has 1 amide bonds. The zero-order valence-corrected chi connectivity index (χ0v) is 13.6. The lowest BCUT2D eigenvalue weighted by Gasteiger charge is -2.35. The molecular formula is C15H17Cl2NO4. The standard InChI is InChI=1S/C15H17Cl2NO4/c1-2-5-15(7-10(19)8-18(15)14(21)22)13(20)9-3-4-11(16)12(17)6-9/h3-4,6,10,19H,2,5,7-8H2,1H3,(H,21,22)/t10-,15-/m1/s1. The highest BCUT2D eigenvalue weighted by Crippen LogP contribution is 2.38. The first-order chi connectivity index (χ1) is 10.3. The van der Waals surface area contributed by atoms with Gasteiger partial charge in [0.1, 0.15) is 5.54 Å². The van der Waals surface area contributed by atoms with Gasteiger partial charge >= 0.3 is 6.09 Å². The summed E-state index contributed by atoms with van der Waals surface area (Å²) in [5.74, 6) is -0.355. The molecule has 1 aromatic rings. The Morgan fingerprint density at radius 2 is 2.05 bits per heavy atom. The van der Waals surface area contributed by atoms with Gasteiger partial charge in [0, 0.05) is 12.0 Å². The number of β-amino-alcohol motifs (C(OH)–C–C–N with tert-alkyl or cyclic N) is 1. The molecule has 2 rings (SSSR count). The van der Waals surface area contributed by atoms with E-state index in [1.54, 1.807) is 0 Å². The highest BCUT2D eigenvalue weighted by molar-refractivity contribution is 6.42. The minimum atomic E-state index is -1.25. The van der Waals surface area contributed by atoms with Gasteiger partial charge in [-0.25, -0.2) is 4.79 Å². The largest absolute Gasteiger partial charge is 0.465 e. The Kier molecular flexibility index (Phi) is 5.00. The summed E-state index contributed by atoms with van der Waals surface area (Å²) in [7, 11) is 0. The van der Waals surface area contributed by atoms with Gasteiger partial charge in [-0.1, -0.05) is 36.5 Å². The normalized spacial score (nSPS) is 24.5. The van der Waals surface area contributed by atoms with Crippen molar-refractivity contribution >= 4 is 35.1 Å². The van der Waals surface area contributed by atoms with Gasteiger partial charge < -0.3 is 10.2 Å². The van der Waals surface area contributed by atoms with Gasteiger partial charge in [-0.3, -0.25) is 9.69 Å². The average Bonchev–Trinajstić information content (AvgIpc) is 2.79. The van der Waals surface area contributed by atoms with Crippen LogP contribution in [0.25, 0.3) is 0 Å². The predicted molar refractivity (Wildman–Crippen MR) is 83.8 cm³/mol. The van der Waals surface area contributed by atoms with Crippen LogP contribution in [0.3, 0.4) is 0 Å². The van der Waals surface area contributed by atoms with Crippen molar-refractivity contribution in [3.05, 3.63) is 33.8 Å². The van der Waals surface area contributed by atoms with Gasteiger partial charge in [-0.15, -0.1) is 0 Å². The Morgan fingerprint density at radius 1 is 1.36 bits per heavy atom. The number of aliphatic hydroxyl groups excluding tert-OH is 1. The van der Waals surface area contributed by atoms with Crippen LogP contribution in [0.4, 0.5) is 4.79 Å². The van der Waals surface area contributed by atoms with Crippen LogP contribution in [0.1, 0.15) is 36.5 Å². The number of rotatable bonds is 4. The fourth-order valence-corrected chi connectivity index (χ4v) is 3.39. The fourth-order valence-electron chi connectivity index (χ4n) is 3.10. The summed E-state index contributed by atoms with van der Waals surface area (Å²) >= 11 is 11.8. The zero-order valence-electron chi connectivity index (χ0n) is 12.1. The average molecular weight is 346 g/mol. The Bertz CT molecular complexity index is 607. The van der Waals surface area contributed by atoms with Crippen molar-refractivity contribution in [1.82, 2.24) is 4.90 Å². The van der Waals surface area contributed by atoms with Crippen LogP contribution in [-0.2, 0) is 0 Å². The van der Waals surface area contributed by atoms with Crippen LogP contribution in [0.15, 0.2) is 18.2 Å². The van der Waals surface area contributed by atoms with E-state index < -0.39 is 17.7 Å². The molecule has 0 aliphatic carbocycles.